The minimum Gasteiger partial charge on any atom is -0.497 e. The molecule has 1 fully saturated rings. The summed E-state index contributed by atoms with van der Waals surface area (Å²) in [6, 6.07) is 8.91. The number of hydrogen-bond donors (Lipinski definition) is 1. The van der Waals surface area contributed by atoms with Gasteiger partial charge in [0.25, 0.3) is 0 Å². The largest absolute Gasteiger partial charge is 0.497 e. The van der Waals surface area contributed by atoms with Crippen molar-refractivity contribution in [3.8, 4) is 18.1 Å². The van der Waals surface area contributed by atoms with E-state index in [0.717, 1.165) is 24.5 Å². The summed E-state index contributed by atoms with van der Waals surface area (Å²) in [5, 5.41) is 3.64. The minimum absolute atomic E-state index is 0.178. The number of terminal acetylenes is 1. The summed E-state index contributed by atoms with van der Waals surface area (Å²) in [5.41, 5.74) is 1.32. The molecule has 2 nitrogen and oxygen atoms in total. The molecule has 0 aliphatic heterocycles. The number of nitrogens with one attached hydrogen (secondary N) is 1. The first-order chi connectivity index (χ1) is 9.28. The van der Waals surface area contributed by atoms with Crippen LogP contribution >= 0.6 is 0 Å². The summed E-state index contributed by atoms with van der Waals surface area (Å²) in [4.78, 5) is 0. The van der Waals surface area contributed by atoms with Gasteiger partial charge in [-0.25, -0.2) is 0 Å². The number of ether oxygens (including phenoxy) is 1. The van der Waals surface area contributed by atoms with E-state index >= 15 is 0 Å². The van der Waals surface area contributed by atoms with Gasteiger partial charge in [0, 0.05) is 6.04 Å². The predicted octanol–water partition coefficient (Wildman–Crippen LogP) is 3.54. The van der Waals surface area contributed by atoms with Crippen molar-refractivity contribution in [1.29, 1.82) is 0 Å². The van der Waals surface area contributed by atoms with Crippen LogP contribution in [0.5, 0.6) is 5.75 Å². The summed E-state index contributed by atoms with van der Waals surface area (Å²) in [6.45, 7) is 2.17. The molecule has 0 aromatic heterocycles. The molecule has 0 amide bonds. The Balaban J connectivity index is 2.08. The molecule has 1 aromatic carbocycles. The lowest BCUT2D eigenvalue weighted by atomic mass is 10.00. The van der Waals surface area contributed by atoms with Crippen molar-refractivity contribution in [3.63, 3.8) is 0 Å². The van der Waals surface area contributed by atoms with Crippen LogP contribution in [0.15, 0.2) is 24.3 Å². The highest BCUT2D eigenvalue weighted by Crippen LogP contribution is 2.41. The fourth-order valence-corrected chi connectivity index (χ4v) is 2.47. The van der Waals surface area contributed by atoms with Crippen molar-refractivity contribution >= 4 is 0 Å². The molecular weight excluding hydrogens is 234 g/mol. The van der Waals surface area contributed by atoms with Crippen molar-refractivity contribution < 1.29 is 4.74 Å². The van der Waals surface area contributed by atoms with E-state index in [1.54, 1.807) is 7.11 Å². The molecule has 102 valence electrons. The van der Waals surface area contributed by atoms with Crippen molar-refractivity contribution in [2.75, 3.05) is 7.11 Å². The second-order valence-corrected chi connectivity index (χ2v) is 5.26. The molecule has 2 unspecified atom stereocenters. The third-order valence-electron chi connectivity index (χ3n) is 3.73. The maximum absolute atomic E-state index is 5.62. The highest BCUT2D eigenvalue weighted by molar-refractivity contribution is 5.30. The smallest absolute Gasteiger partial charge is 0.118 e. The van der Waals surface area contributed by atoms with Gasteiger partial charge in [-0.05, 0) is 42.9 Å². The molecule has 0 saturated heterocycles. The Hall–Kier alpha value is -1.46. The maximum atomic E-state index is 5.62. The average Bonchev–Trinajstić information content (AvgIpc) is 3.28. The van der Waals surface area contributed by atoms with Crippen LogP contribution in [0.2, 0.25) is 0 Å². The average molecular weight is 257 g/mol. The van der Waals surface area contributed by atoms with E-state index in [2.05, 4.69) is 30.3 Å². The zero-order chi connectivity index (χ0) is 13.7. The van der Waals surface area contributed by atoms with Gasteiger partial charge in [-0.2, -0.15) is 0 Å². The molecule has 1 saturated carbocycles. The van der Waals surface area contributed by atoms with E-state index in [0.29, 0.717) is 6.04 Å². The summed E-state index contributed by atoms with van der Waals surface area (Å²) < 4.78 is 5.21. The van der Waals surface area contributed by atoms with Crippen molar-refractivity contribution in [2.45, 2.75) is 44.7 Å². The molecule has 1 aromatic rings. The molecule has 0 heterocycles. The Morgan fingerprint density at radius 1 is 1.37 bits per heavy atom. The molecule has 2 atom stereocenters. The van der Waals surface area contributed by atoms with E-state index in [1.165, 1.54) is 18.4 Å². The zero-order valence-corrected chi connectivity index (χ0v) is 11.9. The molecule has 0 bridgehead atoms. The highest BCUT2D eigenvalue weighted by Gasteiger charge is 2.33. The van der Waals surface area contributed by atoms with Crippen molar-refractivity contribution in [2.24, 2.45) is 5.92 Å². The van der Waals surface area contributed by atoms with Crippen molar-refractivity contribution in [3.05, 3.63) is 29.8 Å². The molecule has 1 aliphatic carbocycles. The van der Waals surface area contributed by atoms with Crippen LogP contribution in [-0.4, -0.2) is 13.2 Å². The zero-order valence-electron chi connectivity index (χ0n) is 11.9. The minimum atomic E-state index is 0.178. The van der Waals surface area contributed by atoms with Crippen LogP contribution in [-0.2, 0) is 0 Å². The van der Waals surface area contributed by atoms with Gasteiger partial charge in [-0.15, -0.1) is 6.42 Å². The Bertz CT molecular complexity index is 428. The Morgan fingerprint density at radius 2 is 2.05 bits per heavy atom. The van der Waals surface area contributed by atoms with E-state index in [4.69, 9.17) is 11.2 Å². The topological polar surface area (TPSA) is 21.3 Å². The van der Waals surface area contributed by atoms with Gasteiger partial charge in [0.05, 0.1) is 13.2 Å². The third kappa shape index (κ3) is 3.75. The SMILES string of the molecule is C#CC(CCC)NC(c1ccc(OC)cc1)C1CC1. The van der Waals surface area contributed by atoms with Gasteiger partial charge in [0.15, 0.2) is 0 Å². The molecule has 2 heteroatoms. The normalized spacial score (nSPS) is 17.5. The first-order valence-corrected chi connectivity index (χ1v) is 7.14. The number of benzene rings is 1. The van der Waals surface area contributed by atoms with Crippen LogP contribution in [0, 0.1) is 18.3 Å². The lowest BCUT2D eigenvalue weighted by Gasteiger charge is -2.23. The van der Waals surface area contributed by atoms with Gasteiger partial charge in [0.1, 0.15) is 5.75 Å². The molecule has 19 heavy (non-hydrogen) atoms. The van der Waals surface area contributed by atoms with E-state index < -0.39 is 0 Å². The van der Waals surface area contributed by atoms with E-state index in [1.807, 2.05) is 12.1 Å². The molecule has 1 N–H and O–H groups in total. The Morgan fingerprint density at radius 3 is 2.53 bits per heavy atom. The first-order valence-electron chi connectivity index (χ1n) is 7.14. The van der Waals surface area contributed by atoms with Gasteiger partial charge in [-0.1, -0.05) is 31.4 Å². The van der Waals surface area contributed by atoms with Crippen LogP contribution < -0.4 is 10.1 Å². The Labute approximate surface area is 116 Å². The van der Waals surface area contributed by atoms with Gasteiger partial charge < -0.3 is 4.74 Å². The number of hydrogen-bond acceptors (Lipinski definition) is 2. The second kappa shape index (κ2) is 6.63. The first kappa shape index (κ1) is 14.0. The second-order valence-electron chi connectivity index (χ2n) is 5.26. The summed E-state index contributed by atoms with van der Waals surface area (Å²) in [5.74, 6) is 4.51. The molecular formula is C17H23NO. The van der Waals surface area contributed by atoms with Crippen LogP contribution in [0.1, 0.15) is 44.2 Å². The maximum Gasteiger partial charge on any atom is 0.118 e. The van der Waals surface area contributed by atoms with E-state index in [9.17, 15) is 0 Å². The fourth-order valence-electron chi connectivity index (χ4n) is 2.47. The lowest BCUT2D eigenvalue weighted by Crippen LogP contribution is -2.32. The Kier molecular flexibility index (Phi) is 4.87. The van der Waals surface area contributed by atoms with Gasteiger partial charge >= 0.3 is 0 Å². The molecule has 0 radical (unpaired) electrons. The van der Waals surface area contributed by atoms with Gasteiger partial charge in [-0.3, -0.25) is 5.32 Å². The summed E-state index contributed by atoms with van der Waals surface area (Å²) >= 11 is 0. The summed E-state index contributed by atoms with van der Waals surface area (Å²) in [7, 11) is 1.70. The van der Waals surface area contributed by atoms with Crippen LogP contribution in [0.3, 0.4) is 0 Å². The molecule has 0 spiro atoms. The quantitative estimate of drug-likeness (QED) is 0.754. The van der Waals surface area contributed by atoms with E-state index in [-0.39, 0.29) is 6.04 Å². The molecule has 1 aliphatic rings. The highest BCUT2D eigenvalue weighted by atomic mass is 16.5. The summed E-state index contributed by atoms with van der Waals surface area (Å²) in [6.07, 6.45) is 10.4. The molecule has 2 rings (SSSR count). The predicted molar refractivity (Wildman–Crippen MR) is 79.1 cm³/mol. The third-order valence-corrected chi connectivity index (χ3v) is 3.73. The van der Waals surface area contributed by atoms with Gasteiger partial charge in [0.2, 0.25) is 0 Å². The lowest BCUT2D eigenvalue weighted by molar-refractivity contribution is 0.412. The number of rotatable bonds is 7. The van der Waals surface area contributed by atoms with Crippen molar-refractivity contribution in [1.82, 2.24) is 5.32 Å². The fraction of sp³-hybridized carbons (Fsp3) is 0.529. The standard InChI is InChI=1S/C17H23NO/c1-4-6-15(5-2)18-17(13-7-8-13)14-9-11-16(19-3)12-10-14/h2,9-13,15,17-18H,4,6-8H2,1,3H3. The monoisotopic (exact) mass is 257 g/mol. The van der Waals surface area contributed by atoms with Crippen LogP contribution in [0.25, 0.3) is 0 Å². The van der Waals surface area contributed by atoms with Crippen LogP contribution in [0.4, 0.5) is 0 Å². The number of methoxy groups -OCH3 is 1.